The molecule has 0 spiro atoms. The molecule has 3 rings (SSSR count). The molecule has 1 aliphatic heterocycles. The third kappa shape index (κ3) is 3.43. The van der Waals surface area contributed by atoms with Crippen LogP contribution in [0.4, 0.5) is 5.69 Å². The fourth-order valence-electron chi connectivity index (χ4n) is 2.61. The van der Waals surface area contributed by atoms with Gasteiger partial charge >= 0.3 is 0 Å². The Bertz CT molecular complexity index is 684. The molecule has 6 heteroatoms. The Balaban J connectivity index is 1.79. The van der Waals surface area contributed by atoms with Gasteiger partial charge in [-0.25, -0.2) is 13.1 Å². The van der Waals surface area contributed by atoms with Crippen LogP contribution in [0.3, 0.4) is 0 Å². The Kier molecular flexibility index (Phi) is 4.39. The second-order valence-corrected chi connectivity index (χ2v) is 7.41. The van der Waals surface area contributed by atoms with E-state index in [1.165, 1.54) is 0 Å². The predicted molar refractivity (Wildman–Crippen MR) is 87.2 cm³/mol. The van der Waals surface area contributed by atoms with Crippen LogP contribution >= 0.6 is 0 Å². The zero-order chi connectivity index (χ0) is 15.6. The smallest absolute Gasteiger partial charge is 0.240 e. The Morgan fingerprint density at radius 1 is 1.27 bits per heavy atom. The van der Waals surface area contributed by atoms with Gasteiger partial charge in [0.05, 0.1) is 4.90 Å². The molecule has 5 nitrogen and oxygen atoms in total. The van der Waals surface area contributed by atoms with Crippen molar-refractivity contribution in [2.24, 2.45) is 0 Å². The lowest BCUT2D eigenvalue weighted by Gasteiger charge is -2.35. The average Bonchev–Trinajstić information content (AvgIpc) is 3.32. The van der Waals surface area contributed by atoms with E-state index in [0.717, 1.165) is 38.2 Å². The van der Waals surface area contributed by atoms with Crippen LogP contribution in [0.2, 0.25) is 0 Å². The van der Waals surface area contributed by atoms with Crippen LogP contribution in [-0.2, 0) is 10.0 Å². The zero-order valence-corrected chi connectivity index (χ0v) is 13.5. The number of sulfonamides is 1. The molecule has 2 N–H and O–H groups in total. The molecule has 2 fully saturated rings. The molecule has 1 aromatic rings. The van der Waals surface area contributed by atoms with Crippen molar-refractivity contribution in [3.05, 3.63) is 24.3 Å². The molecule has 2 aliphatic rings. The van der Waals surface area contributed by atoms with Gasteiger partial charge in [-0.1, -0.05) is 5.92 Å². The van der Waals surface area contributed by atoms with Gasteiger partial charge in [0, 0.05) is 31.4 Å². The van der Waals surface area contributed by atoms with Crippen molar-refractivity contribution in [3.8, 4) is 11.8 Å². The molecule has 1 saturated heterocycles. The first-order valence-corrected chi connectivity index (χ1v) is 9.10. The van der Waals surface area contributed by atoms with Gasteiger partial charge in [-0.05, 0) is 44.0 Å². The number of anilines is 1. The number of nitrogens with zero attached hydrogens (tertiary/aromatic N) is 1. The third-order valence-electron chi connectivity index (χ3n) is 3.93. The topological polar surface area (TPSA) is 61.4 Å². The van der Waals surface area contributed by atoms with Crippen LogP contribution in [0.25, 0.3) is 0 Å². The van der Waals surface area contributed by atoms with Crippen molar-refractivity contribution in [1.29, 1.82) is 0 Å². The highest BCUT2D eigenvalue weighted by Gasteiger charge is 2.28. The summed E-state index contributed by atoms with van der Waals surface area (Å²) in [6.45, 7) is 4.44. The van der Waals surface area contributed by atoms with Gasteiger partial charge in [0.1, 0.15) is 6.04 Å². The van der Waals surface area contributed by atoms with Gasteiger partial charge in [0.25, 0.3) is 0 Å². The minimum Gasteiger partial charge on any atom is -0.355 e. The van der Waals surface area contributed by atoms with Crippen LogP contribution < -0.4 is 14.9 Å². The van der Waals surface area contributed by atoms with E-state index in [1.54, 1.807) is 12.1 Å². The lowest BCUT2D eigenvalue weighted by Crippen LogP contribution is -2.50. The van der Waals surface area contributed by atoms with Crippen molar-refractivity contribution in [2.75, 3.05) is 24.5 Å². The first kappa shape index (κ1) is 15.3. The second kappa shape index (κ2) is 6.29. The zero-order valence-electron chi connectivity index (χ0n) is 12.7. The van der Waals surface area contributed by atoms with E-state index in [9.17, 15) is 8.42 Å². The highest BCUT2D eigenvalue weighted by Crippen LogP contribution is 2.24. The number of hydrogen-bond acceptors (Lipinski definition) is 4. The summed E-state index contributed by atoms with van der Waals surface area (Å²) in [6, 6.07) is 7.36. The fraction of sp³-hybridized carbons (Fsp3) is 0.500. The first-order chi connectivity index (χ1) is 10.6. The standard InChI is InChI=1S/C16H21N3O2S/c1-2-3-15-12-17-10-11-19(15)14-6-8-16(9-7-14)22(20,21)18-13-4-5-13/h6-9,13,15,17-18H,4-5,10-12H2,1H3/t15-/m0/s1. The normalized spacial score (nSPS) is 22.0. The summed E-state index contributed by atoms with van der Waals surface area (Å²) in [5, 5.41) is 3.33. The van der Waals surface area contributed by atoms with E-state index in [4.69, 9.17) is 0 Å². The highest BCUT2D eigenvalue weighted by atomic mass is 32.2. The summed E-state index contributed by atoms with van der Waals surface area (Å²) in [5.41, 5.74) is 1.01. The largest absolute Gasteiger partial charge is 0.355 e. The summed E-state index contributed by atoms with van der Waals surface area (Å²) >= 11 is 0. The van der Waals surface area contributed by atoms with Gasteiger partial charge in [-0.15, -0.1) is 5.92 Å². The lowest BCUT2D eigenvalue weighted by atomic mass is 10.1. The van der Waals surface area contributed by atoms with E-state index < -0.39 is 10.0 Å². The summed E-state index contributed by atoms with van der Waals surface area (Å²) in [4.78, 5) is 2.55. The lowest BCUT2D eigenvalue weighted by molar-refractivity contribution is 0.538. The summed E-state index contributed by atoms with van der Waals surface area (Å²) in [6.07, 6.45) is 1.88. The molecule has 1 heterocycles. The van der Waals surface area contributed by atoms with Crippen molar-refractivity contribution in [3.63, 3.8) is 0 Å². The van der Waals surface area contributed by atoms with Gasteiger partial charge in [-0.2, -0.15) is 0 Å². The molecular weight excluding hydrogens is 298 g/mol. The number of nitrogens with one attached hydrogen (secondary N) is 2. The maximum Gasteiger partial charge on any atom is 0.240 e. The van der Waals surface area contributed by atoms with Crippen molar-refractivity contribution < 1.29 is 8.42 Å². The quantitative estimate of drug-likeness (QED) is 0.811. The van der Waals surface area contributed by atoms with E-state index in [0.29, 0.717) is 4.90 Å². The summed E-state index contributed by atoms with van der Waals surface area (Å²) < 4.78 is 27.1. The minimum atomic E-state index is -3.38. The molecule has 22 heavy (non-hydrogen) atoms. The number of hydrogen-bond donors (Lipinski definition) is 2. The molecule has 0 bridgehead atoms. The van der Waals surface area contributed by atoms with Crippen molar-refractivity contribution >= 4 is 15.7 Å². The number of piperazine rings is 1. The van der Waals surface area contributed by atoms with E-state index >= 15 is 0 Å². The van der Waals surface area contributed by atoms with Crippen LogP contribution in [0, 0.1) is 11.8 Å². The Morgan fingerprint density at radius 2 is 2.00 bits per heavy atom. The van der Waals surface area contributed by atoms with Gasteiger partial charge < -0.3 is 10.2 Å². The van der Waals surface area contributed by atoms with Crippen molar-refractivity contribution in [2.45, 2.75) is 36.7 Å². The molecule has 1 aliphatic carbocycles. The van der Waals surface area contributed by atoms with Gasteiger partial charge in [0.15, 0.2) is 0 Å². The fourth-order valence-corrected chi connectivity index (χ4v) is 3.92. The Labute approximate surface area is 132 Å². The second-order valence-electron chi connectivity index (χ2n) is 5.70. The minimum absolute atomic E-state index is 0.127. The van der Waals surface area contributed by atoms with Crippen LogP contribution in [0.15, 0.2) is 29.2 Å². The predicted octanol–water partition coefficient (Wildman–Crippen LogP) is 0.929. The van der Waals surface area contributed by atoms with Crippen LogP contribution in [-0.4, -0.2) is 40.1 Å². The molecule has 0 radical (unpaired) electrons. The highest BCUT2D eigenvalue weighted by molar-refractivity contribution is 7.89. The van der Waals surface area contributed by atoms with Crippen LogP contribution in [0.1, 0.15) is 19.8 Å². The number of benzene rings is 1. The molecular formula is C16H21N3O2S. The summed E-state index contributed by atoms with van der Waals surface area (Å²) in [7, 11) is -3.38. The number of rotatable bonds is 4. The third-order valence-corrected chi connectivity index (χ3v) is 5.47. The van der Waals surface area contributed by atoms with E-state index in [1.807, 2.05) is 19.1 Å². The molecule has 1 atom stereocenters. The maximum absolute atomic E-state index is 12.2. The van der Waals surface area contributed by atoms with Gasteiger partial charge in [0.2, 0.25) is 10.0 Å². The molecule has 0 amide bonds. The molecule has 1 aromatic carbocycles. The summed E-state index contributed by atoms with van der Waals surface area (Å²) in [5.74, 6) is 6.16. The van der Waals surface area contributed by atoms with E-state index in [-0.39, 0.29) is 12.1 Å². The Morgan fingerprint density at radius 3 is 2.64 bits per heavy atom. The van der Waals surface area contributed by atoms with Crippen molar-refractivity contribution in [1.82, 2.24) is 10.0 Å². The molecule has 0 aromatic heterocycles. The van der Waals surface area contributed by atoms with E-state index in [2.05, 4.69) is 26.8 Å². The SMILES string of the molecule is CC#C[C@H]1CNCCN1c1ccc(S(=O)(=O)NC2CC2)cc1. The Hall–Kier alpha value is -1.55. The van der Waals surface area contributed by atoms with Crippen LogP contribution in [0.5, 0.6) is 0 Å². The molecule has 1 saturated carbocycles. The molecule has 0 unspecified atom stereocenters. The molecule has 118 valence electrons. The monoisotopic (exact) mass is 319 g/mol. The average molecular weight is 319 g/mol. The van der Waals surface area contributed by atoms with Gasteiger partial charge in [-0.3, -0.25) is 0 Å². The maximum atomic E-state index is 12.2. The first-order valence-electron chi connectivity index (χ1n) is 7.62.